The van der Waals surface area contributed by atoms with E-state index in [1.165, 1.54) is 12.1 Å². The normalized spacial score (nSPS) is 10.3. The van der Waals surface area contributed by atoms with E-state index in [4.69, 9.17) is 23.7 Å². The third kappa shape index (κ3) is 15.2. The fraction of sp³-hybridized carbons (Fsp3) is 0.209. The van der Waals surface area contributed by atoms with Crippen LogP contribution in [-0.4, -0.2) is 51.1 Å². The summed E-state index contributed by atoms with van der Waals surface area (Å²) in [6.07, 6.45) is 10.1. The summed E-state index contributed by atoms with van der Waals surface area (Å²) in [5, 5.41) is 0. The van der Waals surface area contributed by atoms with Crippen molar-refractivity contribution < 1.29 is 47.3 Å². The maximum Gasteiger partial charge on any atom is 0.343 e. The van der Waals surface area contributed by atoms with Crippen LogP contribution in [0.15, 0.2) is 122 Å². The summed E-state index contributed by atoms with van der Waals surface area (Å²) in [7, 11) is 1.56. The maximum absolute atomic E-state index is 14.3. The number of unbranched alkanes of at least 4 members (excludes halogenated alkanes) is 3. The second-order valence-corrected chi connectivity index (χ2v) is 11.3. The largest absolute Gasteiger partial charge is 0.497 e. The van der Waals surface area contributed by atoms with E-state index in [0.29, 0.717) is 54.1 Å². The Kier molecular flexibility index (Phi) is 18.0. The standard InChI is InChI=1S/C24H25FO4.C19H18O5/c1-2-24(27)29-17-6-4-3-5-16-28-21-12-10-20(11-13-21)22-14-9-19(8-7-15-26)18-23(22)25;1-3-18(20)23-13-12-14-4-8-17(9-5-14)24-19(21)15-6-10-16(22-2)11-7-15/h2,7-15,18H,1,3-6,16-17H2;3-11H,1,12-13H2,2H3/b8-7+;. The number of ether oxygens (including phenoxy) is 5. The minimum atomic E-state index is -0.444. The van der Waals surface area contributed by atoms with Gasteiger partial charge in [0.1, 0.15) is 29.4 Å². The van der Waals surface area contributed by atoms with Crippen LogP contribution in [0.5, 0.6) is 17.2 Å². The number of hydrogen-bond acceptors (Lipinski definition) is 9. The van der Waals surface area contributed by atoms with E-state index in [9.17, 15) is 23.6 Å². The lowest BCUT2D eigenvalue weighted by Gasteiger charge is -2.09. The summed E-state index contributed by atoms with van der Waals surface area (Å²) >= 11 is 0. The highest BCUT2D eigenvalue weighted by atomic mass is 19.1. The number of esters is 3. The van der Waals surface area contributed by atoms with Crippen LogP contribution >= 0.6 is 0 Å². The molecule has 0 N–H and O–H groups in total. The summed E-state index contributed by atoms with van der Waals surface area (Å²) in [5.41, 5.74) is 3.30. The first-order valence-corrected chi connectivity index (χ1v) is 16.9. The molecule has 0 heterocycles. The third-order valence-electron chi connectivity index (χ3n) is 7.51. The Labute approximate surface area is 309 Å². The molecule has 0 saturated heterocycles. The van der Waals surface area contributed by atoms with Gasteiger partial charge in [0.15, 0.2) is 0 Å². The molecule has 0 bridgehead atoms. The van der Waals surface area contributed by atoms with E-state index in [1.807, 2.05) is 36.4 Å². The van der Waals surface area contributed by atoms with E-state index < -0.39 is 11.9 Å². The molecule has 0 amide bonds. The van der Waals surface area contributed by atoms with Crippen molar-refractivity contribution in [2.75, 3.05) is 26.9 Å². The Morgan fingerprint density at radius 2 is 1.30 bits per heavy atom. The van der Waals surface area contributed by atoms with Gasteiger partial charge >= 0.3 is 17.9 Å². The second-order valence-electron chi connectivity index (χ2n) is 11.3. The van der Waals surface area contributed by atoms with Crippen molar-refractivity contribution in [2.24, 2.45) is 0 Å². The van der Waals surface area contributed by atoms with Crippen LogP contribution in [0, 0.1) is 5.82 Å². The molecule has 0 aliphatic heterocycles. The van der Waals surface area contributed by atoms with Gasteiger partial charge in [0.05, 0.1) is 32.5 Å². The van der Waals surface area contributed by atoms with E-state index in [2.05, 4.69) is 13.2 Å². The van der Waals surface area contributed by atoms with Gasteiger partial charge in [-0.2, -0.15) is 0 Å². The Balaban J connectivity index is 0.000000290. The summed E-state index contributed by atoms with van der Waals surface area (Å²) in [6, 6.07) is 25.9. The van der Waals surface area contributed by atoms with E-state index in [0.717, 1.165) is 54.7 Å². The first kappa shape index (κ1) is 41.1. The Morgan fingerprint density at radius 1 is 0.698 bits per heavy atom. The highest BCUT2D eigenvalue weighted by Crippen LogP contribution is 2.26. The highest BCUT2D eigenvalue weighted by Gasteiger charge is 2.09. The lowest BCUT2D eigenvalue weighted by atomic mass is 10.0. The molecule has 0 saturated carbocycles. The van der Waals surface area contributed by atoms with Crippen molar-refractivity contribution in [3.63, 3.8) is 0 Å². The molecule has 0 radical (unpaired) electrons. The van der Waals surface area contributed by atoms with Gasteiger partial charge in [-0.15, -0.1) is 0 Å². The fourth-order valence-electron chi connectivity index (χ4n) is 4.68. The lowest BCUT2D eigenvalue weighted by Crippen LogP contribution is -2.08. The fourth-order valence-corrected chi connectivity index (χ4v) is 4.68. The number of halogens is 1. The maximum atomic E-state index is 14.3. The van der Waals surface area contributed by atoms with Crippen molar-refractivity contribution in [1.29, 1.82) is 0 Å². The van der Waals surface area contributed by atoms with Crippen LogP contribution in [0.4, 0.5) is 4.39 Å². The van der Waals surface area contributed by atoms with Crippen LogP contribution in [0.3, 0.4) is 0 Å². The molecular weight excluding hydrogens is 679 g/mol. The van der Waals surface area contributed by atoms with Crippen LogP contribution in [-0.2, 0) is 30.3 Å². The number of allylic oxidation sites excluding steroid dienone is 1. The summed E-state index contributed by atoms with van der Waals surface area (Å²) in [5.74, 6) is 0.244. The number of methoxy groups -OCH3 is 1. The number of benzene rings is 4. The molecule has 0 aliphatic rings. The minimum Gasteiger partial charge on any atom is -0.497 e. The van der Waals surface area contributed by atoms with Crippen molar-refractivity contribution >= 4 is 30.3 Å². The molecule has 0 aromatic heterocycles. The number of aldehydes is 1. The SMILES string of the molecule is C=CC(=O)OCCCCCCOc1ccc(-c2ccc(/C=C/C=O)cc2F)cc1.C=CC(=O)OCCc1ccc(OC(=O)c2ccc(OC)cc2)cc1. The van der Waals surface area contributed by atoms with Crippen molar-refractivity contribution in [2.45, 2.75) is 32.1 Å². The quantitative estimate of drug-likeness (QED) is 0.0309. The molecule has 4 rings (SSSR count). The van der Waals surface area contributed by atoms with Crippen LogP contribution in [0.1, 0.15) is 47.2 Å². The Morgan fingerprint density at radius 3 is 1.91 bits per heavy atom. The van der Waals surface area contributed by atoms with E-state index in [1.54, 1.807) is 61.7 Å². The number of hydrogen-bond donors (Lipinski definition) is 0. The Hall–Kier alpha value is -6.29. The number of rotatable bonds is 19. The van der Waals surface area contributed by atoms with Crippen LogP contribution in [0.25, 0.3) is 17.2 Å². The molecule has 0 aliphatic carbocycles. The van der Waals surface area contributed by atoms with Gasteiger partial charge in [-0.3, -0.25) is 4.79 Å². The summed E-state index contributed by atoms with van der Waals surface area (Å²) in [4.78, 5) is 44.2. The van der Waals surface area contributed by atoms with Gasteiger partial charge in [-0.1, -0.05) is 55.6 Å². The van der Waals surface area contributed by atoms with E-state index in [-0.39, 0.29) is 18.4 Å². The van der Waals surface area contributed by atoms with Crippen LogP contribution in [0.2, 0.25) is 0 Å². The third-order valence-corrected chi connectivity index (χ3v) is 7.51. The zero-order valence-corrected chi connectivity index (χ0v) is 29.7. The van der Waals surface area contributed by atoms with Gasteiger partial charge in [0.2, 0.25) is 0 Å². The smallest absolute Gasteiger partial charge is 0.343 e. The topological polar surface area (TPSA) is 114 Å². The van der Waals surface area contributed by atoms with Gasteiger partial charge in [0, 0.05) is 24.1 Å². The molecule has 0 unspecified atom stereocenters. The molecule has 0 fully saturated rings. The molecule has 53 heavy (non-hydrogen) atoms. The molecule has 9 nitrogen and oxygen atoms in total. The molecular formula is C43H43FO9. The van der Waals surface area contributed by atoms with E-state index >= 15 is 0 Å². The van der Waals surface area contributed by atoms with Gasteiger partial charge in [-0.25, -0.2) is 18.8 Å². The number of carbonyl (C=O) groups is 4. The van der Waals surface area contributed by atoms with Crippen molar-refractivity contribution in [3.05, 3.63) is 145 Å². The first-order valence-electron chi connectivity index (χ1n) is 16.9. The average Bonchev–Trinajstić information content (AvgIpc) is 3.19. The first-order chi connectivity index (χ1) is 25.8. The Bertz CT molecular complexity index is 1810. The lowest BCUT2D eigenvalue weighted by molar-refractivity contribution is -0.138. The molecule has 0 spiro atoms. The summed E-state index contributed by atoms with van der Waals surface area (Å²) in [6.45, 7) is 7.96. The molecule has 0 atom stereocenters. The van der Waals surface area contributed by atoms with Gasteiger partial charge in [-0.05, 0) is 103 Å². The summed E-state index contributed by atoms with van der Waals surface area (Å²) < 4.78 is 40.2. The predicted molar refractivity (Wildman–Crippen MR) is 201 cm³/mol. The minimum absolute atomic E-state index is 0.274. The molecule has 4 aromatic carbocycles. The molecule has 10 heteroatoms. The van der Waals surface area contributed by atoms with Crippen LogP contribution < -0.4 is 14.2 Å². The van der Waals surface area contributed by atoms with Gasteiger partial charge in [0.25, 0.3) is 0 Å². The average molecular weight is 723 g/mol. The second kappa shape index (κ2) is 23.2. The monoisotopic (exact) mass is 722 g/mol. The zero-order chi connectivity index (χ0) is 38.3. The molecule has 4 aromatic rings. The van der Waals surface area contributed by atoms with Gasteiger partial charge < -0.3 is 23.7 Å². The number of carbonyl (C=O) groups excluding carboxylic acids is 4. The van der Waals surface area contributed by atoms with Crippen molar-refractivity contribution in [3.8, 4) is 28.4 Å². The zero-order valence-electron chi connectivity index (χ0n) is 29.7. The highest BCUT2D eigenvalue weighted by molar-refractivity contribution is 5.91. The van der Waals surface area contributed by atoms with Crippen molar-refractivity contribution in [1.82, 2.24) is 0 Å². The predicted octanol–water partition coefficient (Wildman–Crippen LogP) is 8.56. The molecule has 276 valence electrons.